The monoisotopic (exact) mass is 274 g/mol. The lowest BCUT2D eigenvalue weighted by molar-refractivity contribution is 0.522. The number of nitrogens with two attached hydrogens (primary N) is 1. The fourth-order valence-electron chi connectivity index (χ4n) is 2.48. The van der Waals surface area contributed by atoms with E-state index in [2.05, 4.69) is 47.0 Å². The van der Waals surface area contributed by atoms with Crippen molar-refractivity contribution in [1.29, 1.82) is 0 Å². The van der Waals surface area contributed by atoms with Gasteiger partial charge in [0.25, 0.3) is 0 Å². The highest BCUT2D eigenvalue weighted by Crippen LogP contribution is 2.14. The minimum atomic E-state index is 0.274. The Morgan fingerprint density at radius 2 is 2.15 bits per heavy atom. The van der Waals surface area contributed by atoms with E-state index in [9.17, 15) is 0 Å². The van der Waals surface area contributed by atoms with Crippen molar-refractivity contribution >= 4 is 11.0 Å². The highest BCUT2D eigenvalue weighted by atomic mass is 15.1. The lowest BCUT2D eigenvalue weighted by Gasteiger charge is -2.12. The normalized spacial score (nSPS) is 12.9. The van der Waals surface area contributed by atoms with Gasteiger partial charge in [-0.3, -0.25) is 0 Å². The lowest BCUT2D eigenvalue weighted by Crippen LogP contribution is -2.34. The number of hydrogen-bond acceptors (Lipinski definition) is 3. The van der Waals surface area contributed by atoms with Crippen molar-refractivity contribution in [3.8, 4) is 0 Å². The summed E-state index contributed by atoms with van der Waals surface area (Å²) in [6.45, 7) is 4.02. The number of rotatable bonds is 8. The molecule has 110 valence electrons. The average Bonchev–Trinajstić information content (AvgIpc) is 2.78. The molecule has 0 aliphatic heterocycles. The Bertz CT molecular complexity index is 532. The fraction of sp³-hybridized carbons (Fsp3) is 0.562. The van der Waals surface area contributed by atoms with Crippen molar-refractivity contribution in [3.05, 3.63) is 30.1 Å². The zero-order valence-electron chi connectivity index (χ0n) is 12.6. The van der Waals surface area contributed by atoms with E-state index >= 15 is 0 Å². The predicted molar refractivity (Wildman–Crippen MR) is 84.8 cm³/mol. The molecule has 1 unspecified atom stereocenters. The largest absolute Gasteiger partial charge is 0.331 e. The first-order chi connectivity index (χ1) is 9.72. The van der Waals surface area contributed by atoms with Crippen molar-refractivity contribution in [2.24, 2.45) is 12.8 Å². The van der Waals surface area contributed by atoms with Crippen LogP contribution in [0, 0.1) is 0 Å². The molecule has 4 heteroatoms. The lowest BCUT2D eigenvalue weighted by atomic mass is 10.1. The van der Waals surface area contributed by atoms with Crippen LogP contribution in [0.2, 0.25) is 0 Å². The molecule has 1 atom stereocenters. The van der Waals surface area contributed by atoms with Crippen LogP contribution in [-0.2, 0) is 13.5 Å². The number of unbranched alkanes of at least 4 members (excludes halogenated alkanes) is 1. The Hall–Kier alpha value is -1.39. The summed E-state index contributed by atoms with van der Waals surface area (Å²) in [5.74, 6) is 1.13. The van der Waals surface area contributed by atoms with E-state index in [1.165, 1.54) is 18.4 Å². The third-order valence-electron chi connectivity index (χ3n) is 3.74. The van der Waals surface area contributed by atoms with Gasteiger partial charge in [0.15, 0.2) is 0 Å². The molecule has 0 saturated heterocycles. The number of fused-ring (bicyclic) bond motifs is 1. The molecule has 0 fully saturated rings. The average molecular weight is 274 g/mol. The van der Waals surface area contributed by atoms with Crippen LogP contribution in [0.4, 0.5) is 0 Å². The quantitative estimate of drug-likeness (QED) is 0.726. The number of nitrogens with zero attached hydrogens (tertiary/aromatic N) is 2. The van der Waals surface area contributed by atoms with Gasteiger partial charge in [-0.05, 0) is 18.6 Å². The summed E-state index contributed by atoms with van der Waals surface area (Å²) in [5.41, 5.74) is 8.32. The molecule has 0 saturated carbocycles. The van der Waals surface area contributed by atoms with Gasteiger partial charge in [-0.15, -0.1) is 0 Å². The molecule has 0 aliphatic carbocycles. The van der Waals surface area contributed by atoms with Crippen LogP contribution in [0.25, 0.3) is 11.0 Å². The molecule has 3 N–H and O–H groups in total. The molecule has 0 radical (unpaired) electrons. The Kier molecular flexibility index (Phi) is 5.56. The predicted octanol–water partition coefficient (Wildman–Crippen LogP) is 2.22. The molecule has 0 bridgehead atoms. The minimum Gasteiger partial charge on any atom is -0.331 e. The molecule has 0 amide bonds. The Labute approximate surface area is 121 Å². The maximum absolute atomic E-state index is 6.05. The van der Waals surface area contributed by atoms with E-state index in [1.807, 2.05) is 6.07 Å². The van der Waals surface area contributed by atoms with Crippen molar-refractivity contribution in [1.82, 2.24) is 14.9 Å². The van der Waals surface area contributed by atoms with Gasteiger partial charge in [0.1, 0.15) is 5.82 Å². The Balaban J connectivity index is 1.80. The molecule has 1 aromatic carbocycles. The van der Waals surface area contributed by atoms with E-state index in [4.69, 9.17) is 5.73 Å². The molecule has 1 aromatic heterocycles. The summed E-state index contributed by atoms with van der Waals surface area (Å²) in [6, 6.07) is 8.53. The van der Waals surface area contributed by atoms with Crippen LogP contribution in [0.1, 0.15) is 32.0 Å². The van der Waals surface area contributed by atoms with Gasteiger partial charge < -0.3 is 15.6 Å². The Morgan fingerprint density at radius 1 is 1.35 bits per heavy atom. The van der Waals surface area contributed by atoms with Crippen molar-refractivity contribution in [3.63, 3.8) is 0 Å². The van der Waals surface area contributed by atoms with Gasteiger partial charge in [-0.2, -0.15) is 0 Å². The molecular weight excluding hydrogens is 248 g/mol. The second-order valence-electron chi connectivity index (χ2n) is 5.43. The molecule has 1 heterocycles. The number of aryl methyl sites for hydroxylation is 1. The SMILES string of the molecule is CCCCC(N)CNCCc1nc2ccccc2n1C. The van der Waals surface area contributed by atoms with E-state index < -0.39 is 0 Å². The number of aromatic nitrogens is 2. The maximum atomic E-state index is 6.05. The van der Waals surface area contributed by atoms with Crippen LogP contribution in [0.15, 0.2) is 24.3 Å². The Morgan fingerprint density at radius 3 is 2.90 bits per heavy atom. The van der Waals surface area contributed by atoms with Gasteiger partial charge in [0, 0.05) is 32.6 Å². The third kappa shape index (κ3) is 3.81. The van der Waals surface area contributed by atoms with Crippen molar-refractivity contribution in [2.45, 2.75) is 38.6 Å². The summed E-state index contributed by atoms with van der Waals surface area (Å²) >= 11 is 0. The van der Waals surface area contributed by atoms with E-state index in [0.717, 1.165) is 37.3 Å². The molecule has 0 spiro atoms. The minimum absolute atomic E-state index is 0.274. The molecule has 4 nitrogen and oxygen atoms in total. The molecule has 2 aromatic rings. The molecule has 2 rings (SSSR count). The van der Waals surface area contributed by atoms with E-state index in [0.29, 0.717) is 0 Å². The summed E-state index contributed by atoms with van der Waals surface area (Å²) in [7, 11) is 2.08. The second kappa shape index (κ2) is 7.41. The number of benzene rings is 1. The van der Waals surface area contributed by atoms with Crippen LogP contribution in [-0.4, -0.2) is 28.7 Å². The first kappa shape index (κ1) is 15.0. The van der Waals surface area contributed by atoms with Gasteiger partial charge >= 0.3 is 0 Å². The first-order valence-corrected chi connectivity index (χ1v) is 7.59. The number of para-hydroxylation sites is 2. The van der Waals surface area contributed by atoms with E-state index in [1.54, 1.807) is 0 Å². The zero-order chi connectivity index (χ0) is 14.4. The summed E-state index contributed by atoms with van der Waals surface area (Å²) in [4.78, 5) is 4.67. The first-order valence-electron chi connectivity index (χ1n) is 7.59. The van der Waals surface area contributed by atoms with Gasteiger partial charge in [0.2, 0.25) is 0 Å². The standard InChI is InChI=1S/C16H26N4/c1-3-4-7-13(17)12-18-11-10-16-19-14-8-5-6-9-15(14)20(16)2/h5-6,8-9,13,18H,3-4,7,10-12,17H2,1-2H3. The van der Waals surface area contributed by atoms with Crippen LogP contribution < -0.4 is 11.1 Å². The van der Waals surface area contributed by atoms with Crippen LogP contribution in [0.3, 0.4) is 0 Å². The van der Waals surface area contributed by atoms with Gasteiger partial charge in [-0.1, -0.05) is 31.9 Å². The summed E-state index contributed by atoms with van der Waals surface area (Å²) in [6.07, 6.45) is 4.47. The highest BCUT2D eigenvalue weighted by Gasteiger charge is 2.07. The van der Waals surface area contributed by atoms with Crippen LogP contribution >= 0.6 is 0 Å². The van der Waals surface area contributed by atoms with Crippen LogP contribution in [0.5, 0.6) is 0 Å². The number of imidazole rings is 1. The third-order valence-corrected chi connectivity index (χ3v) is 3.74. The fourth-order valence-corrected chi connectivity index (χ4v) is 2.48. The highest BCUT2D eigenvalue weighted by molar-refractivity contribution is 5.75. The summed E-state index contributed by atoms with van der Waals surface area (Å²) < 4.78 is 2.17. The van der Waals surface area contributed by atoms with Gasteiger partial charge in [-0.25, -0.2) is 4.98 Å². The zero-order valence-corrected chi connectivity index (χ0v) is 12.6. The molecular formula is C16H26N4. The molecule has 20 heavy (non-hydrogen) atoms. The second-order valence-corrected chi connectivity index (χ2v) is 5.43. The smallest absolute Gasteiger partial charge is 0.110 e. The topological polar surface area (TPSA) is 55.9 Å². The number of hydrogen-bond donors (Lipinski definition) is 2. The summed E-state index contributed by atoms with van der Waals surface area (Å²) in [5, 5.41) is 3.44. The molecule has 0 aliphatic rings. The number of nitrogens with one attached hydrogen (secondary N) is 1. The van der Waals surface area contributed by atoms with Crippen molar-refractivity contribution in [2.75, 3.05) is 13.1 Å². The maximum Gasteiger partial charge on any atom is 0.110 e. The van der Waals surface area contributed by atoms with Crippen molar-refractivity contribution < 1.29 is 0 Å². The van der Waals surface area contributed by atoms with E-state index in [-0.39, 0.29) is 6.04 Å². The van der Waals surface area contributed by atoms with Gasteiger partial charge in [0.05, 0.1) is 11.0 Å².